The first-order valence-corrected chi connectivity index (χ1v) is 6.28. The van der Waals surface area contributed by atoms with Gasteiger partial charge in [-0.25, -0.2) is 4.39 Å². The molecule has 2 aromatic carbocycles. The van der Waals surface area contributed by atoms with Crippen molar-refractivity contribution < 1.29 is 18.7 Å². The maximum atomic E-state index is 12.9. The maximum Gasteiger partial charge on any atom is 0.163 e. The molecule has 104 valence electrons. The zero-order valence-electron chi connectivity index (χ0n) is 11.1. The summed E-state index contributed by atoms with van der Waals surface area (Å²) in [5.74, 6) is 0.591. The lowest BCUT2D eigenvalue weighted by Crippen LogP contribution is -2.10. The SMILES string of the molecule is CC(=O)c1ccccc1OCCOc1cccc(F)c1. The average Bonchev–Trinajstić information content (AvgIpc) is 2.44. The fourth-order valence-corrected chi connectivity index (χ4v) is 1.75. The molecule has 0 unspecified atom stereocenters. The lowest BCUT2D eigenvalue weighted by atomic mass is 10.1. The highest BCUT2D eigenvalue weighted by molar-refractivity contribution is 5.96. The minimum absolute atomic E-state index is 0.0494. The van der Waals surface area contributed by atoms with Gasteiger partial charge in [-0.2, -0.15) is 0 Å². The van der Waals surface area contributed by atoms with E-state index in [2.05, 4.69) is 0 Å². The van der Waals surface area contributed by atoms with Gasteiger partial charge in [-0.3, -0.25) is 4.79 Å². The summed E-state index contributed by atoms with van der Waals surface area (Å²) >= 11 is 0. The van der Waals surface area contributed by atoms with Gasteiger partial charge in [0.05, 0.1) is 5.56 Å². The second-order valence-electron chi connectivity index (χ2n) is 4.21. The molecule has 0 aliphatic heterocycles. The molecule has 4 heteroatoms. The number of ketones is 1. The van der Waals surface area contributed by atoms with E-state index >= 15 is 0 Å². The topological polar surface area (TPSA) is 35.5 Å². The van der Waals surface area contributed by atoms with Gasteiger partial charge in [-0.05, 0) is 31.2 Å². The van der Waals surface area contributed by atoms with Gasteiger partial charge < -0.3 is 9.47 Å². The molecule has 20 heavy (non-hydrogen) atoms. The number of carbonyl (C=O) groups excluding carboxylic acids is 1. The van der Waals surface area contributed by atoms with Crippen LogP contribution >= 0.6 is 0 Å². The molecule has 0 spiro atoms. The first-order valence-electron chi connectivity index (χ1n) is 6.28. The van der Waals surface area contributed by atoms with Crippen molar-refractivity contribution in [3.8, 4) is 11.5 Å². The van der Waals surface area contributed by atoms with Crippen LogP contribution in [0.25, 0.3) is 0 Å². The molecule has 0 radical (unpaired) electrons. The summed E-state index contributed by atoms with van der Waals surface area (Å²) in [7, 11) is 0. The van der Waals surface area contributed by atoms with Gasteiger partial charge >= 0.3 is 0 Å². The number of Topliss-reactive ketones (excluding diaryl/α,β-unsaturated/α-hetero) is 1. The average molecular weight is 274 g/mol. The largest absolute Gasteiger partial charge is 0.490 e. The molecule has 0 fully saturated rings. The molecule has 0 aliphatic carbocycles. The van der Waals surface area contributed by atoms with E-state index in [0.29, 0.717) is 17.1 Å². The number of carbonyl (C=O) groups is 1. The van der Waals surface area contributed by atoms with Gasteiger partial charge in [-0.1, -0.05) is 18.2 Å². The van der Waals surface area contributed by atoms with Crippen LogP contribution in [0.5, 0.6) is 11.5 Å². The Hall–Kier alpha value is -2.36. The number of halogens is 1. The molecule has 0 aliphatic rings. The predicted molar refractivity (Wildman–Crippen MR) is 73.8 cm³/mol. The minimum atomic E-state index is -0.342. The lowest BCUT2D eigenvalue weighted by molar-refractivity contribution is 0.101. The Kier molecular flexibility index (Phi) is 4.71. The zero-order chi connectivity index (χ0) is 14.4. The van der Waals surface area contributed by atoms with E-state index in [1.807, 2.05) is 0 Å². The molecule has 0 heterocycles. The summed E-state index contributed by atoms with van der Waals surface area (Å²) < 4.78 is 23.8. The van der Waals surface area contributed by atoms with E-state index in [-0.39, 0.29) is 24.8 Å². The van der Waals surface area contributed by atoms with Crippen molar-refractivity contribution in [2.75, 3.05) is 13.2 Å². The van der Waals surface area contributed by atoms with Gasteiger partial charge in [-0.15, -0.1) is 0 Å². The normalized spacial score (nSPS) is 10.1. The third kappa shape index (κ3) is 3.82. The smallest absolute Gasteiger partial charge is 0.163 e. The van der Waals surface area contributed by atoms with Crippen LogP contribution in [0.4, 0.5) is 4.39 Å². The standard InChI is InChI=1S/C16H15FO3/c1-12(18)15-7-2-3-8-16(15)20-10-9-19-14-6-4-5-13(17)11-14/h2-8,11H,9-10H2,1H3. The van der Waals surface area contributed by atoms with Gasteiger partial charge in [0.2, 0.25) is 0 Å². The van der Waals surface area contributed by atoms with E-state index in [1.165, 1.54) is 19.1 Å². The van der Waals surface area contributed by atoms with Crippen LogP contribution in [0.15, 0.2) is 48.5 Å². The second-order valence-corrected chi connectivity index (χ2v) is 4.21. The van der Waals surface area contributed by atoms with E-state index in [0.717, 1.165) is 0 Å². The van der Waals surface area contributed by atoms with E-state index in [4.69, 9.17) is 9.47 Å². The molecular formula is C16H15FO3. The fourth-order valence-electron chi connectivity index (χ4n) is 1.75. The second kappa shape index (κ2) is 6.70. The number of benzene rings is 2. The number of rotatable bonds is 6. The van der Waals surface area contributed by atoms with Crippen molar-refractivity contribution >= 4 is 5.78 Å². The lowest BCUT2D eigenvalue weighted by Gasteiger charge is -2.10. The number of ether oxygens (including phenoxy) is 2. The Bertz CT molecular complexity index is 596. The van der Waals surface area contributed by atoms with E-state index < -0.39 is 0 Å². The molecule has 0 N–H and O–H groups in total. The van der Waals surface area contributed by atoms with Crippen LogP contribution in [0.1, 0.15) is 17.3 Å². The molecule has 0 saturated carbocycles. The molecule has 0 bridgehead atoms. The maximum absolute atomic E-state index is 12.9. The van der Waals surface area contributed by atoms with Crippen molar-refractivity contribution in [3.05, 3.63) is 59.9 Å². The highest BCUT2D eigenvalue weighted by atomic mass is 19.1. The van der Waals surface area contributed by atoms with Crippen molar-refractivity contribution in [2.45, 2.75) is 6.92 Å². The van der Waals surface area contributed by atoms with E-state index in [9.17, 15) is 9.18 Å². The molecule has 0 aromatic heterocycles. The summed E-state index contributed by atoms with van der Waals surface area (Å²) in [6.07, 6.45) is 0. The van der Waals surface area contributed by atoms with Gasteiger partial charge in [0.25, 0.3) is 0 Å². The van der Waals surface area contributed by atoms with Crippen molar-refractivity contribution in [1.82, 2.24) is 0 Å². The van der Waals surface area contributed by atoms with Crippen molar-refractivity contribution in [3.63, 3.8) is 0 Å². The van der Waals surface area contributed by atoms with Gasteiger partial charge in [0.15, 0.2) is 5.78 Å². The van der Waals surface area contributed by atoms with Crippen LogP contribution in [-0.2, 0) is 0 Å². The summed E-state index contributed by atoms with van der Waals surface area (Å²) in [4.78, 5) is 11.4. The first kappa shape index (κ1) is 14.1. The molecule has 0 atom stereocenters. The Balaban J connectivity index is 1.86. The molecule has 0 amide bonds. The number of para-hydroxylation sites is 1. The van der Waals surface area contributed by atoms with Gasteiger partial charge in [0, 0.05) is 6.07 Å². The summed E-state index contributed by atoms with van der Waals surface area (Å²) in [5, 5.41) is 0. The Labute approximate surface area is 117 Å². The molecule has 2 aromatic rings. The summed E-state index contributed by atoms with van der Waals surface area (Å²) in [6, 6.07) is 12.9. The zero-order valence-corrected chi connectivity index (χ0v) is 11.1. The molecular weight excluding hydrogens is 259 g/mol. The van der Waals surface area contributed by atoms with Crippen LogP contribution in [0, 0.1) is 5.82 Å². The third-order valence-electron chi connectivity index (χ3n) is 2.67. The van der Waals surface area contributed by atoms with Gasteiger partial charge in [0.1, 0.15) is 30.5 Å². The van der Waals surface area contributed by atoms with Crippen LogP contribution in [-0.4, -0.2) is 19.0 Å². The van der Waals surface area contributed by atoms with Crippen molar-refractivity contribution in [1.29, 1.82) is 0 Å². The van der Waals surface area contributed by atoms with E-state index in [1.54, 1.807) is 36.4 Å². The predicted octanol–water partition coefficient (Wildman–Crippen LogP) is 3.49. The Morgan fingerprint density at radius 1 is 1.05 bits per heavy atom. The monoisotopic (exact) mass is 274 g/mol. The highest BCUT2D eigenvalue weighted by Crippen LogP contribution is 2.18. The molecule has 2 rings (SSSR count). The first-order chi connectivity index (χ1) is 9.66. The van der Waals surface area contributed by atoms with Crippen LogP contribution < -0.4 is 9.47 Å². The Morgan fingerprint density at radius 3 is 2.55 bits per heavy atom. The summed E-state index contributed by atoms with van der Waals surface area (Å²) in [6.45, 7) is 2.04. The third-order valence-corrected chi connectivity index (χ3v) is 2.67. The molecule has 3 nitrogen and oxygen atoms in total. The number of hydrogen-bond donors (Lipinski definition) is 0. The van der Waals surface area contributed by atoms with Crippen molar-refractivity contribution in [2.24, 2.45) is 0 Å². The van der Waals surface area contributed by atoms with Crippen LogP contribution in [0.2, 0.25) is 0 Å². The fraction of sp³-hybridized carbons (Fsp3) is 0.188. The quantitative estimate of drug-likeness (QED) is 0.597. The highest BCUT2D eigenvalue weighted by Gasteiger charge is 2.07. The summed E-state index contributed by atoms with van der Waals surface area (Å²) in [5.41, 5.74) is 0.540. The number of hydrogen-bond acceptors (Lipinski definition) is 3. The Morgan fingerprint density at radius 2 is 1.80 bits per heavy atom. The minimum Gasteiger partial charge on any atom is -0.490 e. The van der Waals surface area contributed by atoms with Crippen LogP contribution in [0.3, 0.4) is 0 Å². The molecule has 0 saturated heterocycles.